The SMILES string of the molecule is O=c1[nH]c(-n2cccn2)nc2cc(Cl)cc(Cl)c12. The van der Waals surface area contributed by atoms with Gasteiger partial charge in [0.25, 0.3) is 5.56 Å². The number of aromatic nitrogens is 4. The molecule has 18 heavy (non-hydrogen) atoms. The van der Waals surface area contributed by atoms with Crippen LogP contribution in [0.5, 0.6) is 0 Å². The Balaban J connectivity index is 2.37. The van der Waals surface area contributed by atoms with Crippen LogP contribution in [-0.4, -0.2) is 19.7 Å². The fourth-order valence-electron chi connectivity index (χ4n) is 1.68. The van der Waals surface area contributed by atoms with Crippen molar-refractivity contribution in [3.8, 4) is 5.95 Å². The summed E-state index contributed by atoms with van der Waals surface area (Å²) in [5.41, 5.74) is 0.105. The van der Waals surface area contributed by atoms with E-state index in [2.05, 4.69) is 15.1 Å². The monoisotopic (exact) mass is 280 g/mol. The fourth-order valence-corrected chi connectivity index (χ4v) is 2.25. The molecule has 0 amide bonds. The van der Waals surface area contributed by atoms with Gasteiger partial charge in [0.1, 0.15) is 0 Å². The summed E-state index contributed by atoms with van der Waals surface area (Å²) in [5, 5.41) is 5.02. The highest BCUT2D eigenvalue weighted by molar-refractivity contribution is 6.38. The zero-order valence-corrected chi connectivity index (χ0v) is 10.4. The number of fused-ring (bicyclic) bond motifs is 1. The van der Waals surface area contributed by atoms with Gasteiger partial charge in [-0.15, -0.1) is 0 Å². The van der Waals surface area contributed by atoms with Gasteiger partial charge in [-0.3, -0.25) is 9.78 Å². The fraction of sp³-hybridized carbons (Fsp3) is 0. The highest BCUT2D eigenvalue weighted by Crippen LogP contribution is 2.24. The lowest BCUT2D eigenvalue weighted by molar-refractivity contribution is 0.810. The van der Waals surface area contributed by atoms with Crippen LogP contribution in [0.1, 0.15) is 0 Å². The Morgan fingerprint density at radius 2 is 2.11 bits per heavy atom. The van der Waals surface area contributed by atoms with Crippen molar-refractivity contribution in [2.24, 2.45) is 0 Å². The third kappa shape index (κ3) is 1.77. The van der Waals surface area contributed by atoms with Crippen LogP contribution in [0.2, 0.25) is 10.0 Å². The number of hydrogen-bond donors (Lipinski definition) is 1. The first kappa shape index (κ1) is 11.3. The maximum atomic E-state index is 12.0. The molecule has 0 fully saturated rings. The van der Waals surface area contributed by atoms with Gasteiger partial charge in [0.05, 0.1) is 15.9 Å². The molecule has 90 valence electrons. The summed E-state index contributed by atoms with van der Waals surface area (Å²) < 4.78 is 1.45. The minimum Gasteiger partial charge on any atom is -0.290 e. The van der Waals surface area contributed by atoms with Crippen LogP contribution >= 0.6 is 23.2 Å². The van der Waals surface area contributed by atoms with E-state index in [1.807, 2.05) is 0 Å². The Labute approximate surface area is 111 Å². The molecule has 3 rings (SSSR count). The summed E-state index contributed by atoms with van der Waals surface area (Å²) in [6.07, 6.45) is 3.27. The second-order valence-corrected chi connectivity index (χ2v) is 4.47. The van der Waals surface area contributed by atoms with Gasteiger partial charge in [0.15, 0.2) is 0 Å². The van der Waals surface area contributed by atoms with Crippen molar-refractivity contribution in [1.82, 2.24) is 19.7 Å². The number of hydrogen-bond acceptors (Lipinski definition) is 3. The molecule has 1 N–H and O–H groups in total. The first-order valence-electron chi connectivity index (χ1n) is 5.04. The zero-order chi connectivity index (χ0) is 12.7. The van der Waals surface area contributed by atoms with Crippen LogP contribution < -0.4 is 5.56 Å². The number of benzene rings is 1. The molecular weight excluding hydrogens is 275 g/mol. The quantitative estimate of drug-likeness (QED) is 0.745. The molecule has 5 nitrogen and oxygen atoms in total. The molecule has 0 aliphatic carbocycles. The minimum atomic E-state index is -0.327. The largest absolute Gasteiger partial charge is 0.290 e. The van der Waals surface area contributed by atoms with Crippen LogP contribution in [0.4, 0.5) is 0 Å². The summed E-state index contributed by atoms with van der Waals surface area (Å²) in [6.45, 7) is 0. The molecule has 0 spiro atoms. The average molecular weight is 281 g/mol. The van der Waals surface area contributed by atoms with Crippen LogP contribution in [0.25, 0.3) is 16.9 Å². The third-order valence-corrected chi connectivity index (χ3v) is 2.95. The summed E-state index contributed by atoms with van der Waals surface area (Å²) in [7, 11) is 0. The lowest BCUT2D eigenvalue weighted by Gasteiger charge is -2.04. The number of H-pyrrole nitrogens is 1. The molecule has 3 aromatic rings. The Kier molecular flexibility index (Phi) is 2.57. The first-order valence-corrected chi connectivity index (χ1v) is 5.80. The van der Waals surface area contributed by atoms with Gasteiger partial charge in [-0.2, -0.15) is 5.10 Å². The summed E-state index contributed by atoms with van der Waals surface area (Å²) in [6, 6.07) is 4.83. The molecule has 0 atom stereocenters. The Morgan fingerprint density at radius 3 is 2.83 bits per heavy atom. The maximum absolute atomic E-state index is 12.0. The molecule has 1 aromatic carbocycles. The maximum Gasteiger partial charge on any atom is 0.261 e. The Morgan fingerprint density at radius 1 is 1.28 bits per heavy atom. The standard InChI is InChI=1S/C11H6Cl2N4O/c12-6-4-7(13)9-8(5-6)15-11(16-10(9)18)17-3-1-2-14-17/h1-5H,(H,15,16,18). The predicted octanol–water partition coefficient (Wildman–Crippen LogP) is 2.42. The van der Waals surface area contributed by atoms with Crippen molar-refractivity contribution in [3.05, 3.63) is 51.0 Å². The van der Waals surface area contributed by atoms with Gasteiger partial charge in [0.2, 0.25) is 5.95 Å². The molecule has 0 saturated heterocycles. The van der Waals surface area contributed by atoms with Crippen LogP contribution in [0.3, 0.4) is 0 Å². The third-order valence-electron chi connectivity index (χ3n) is 2.43. The van der Waals surface area contributed by atoms with Gasteiger partial charge in [-0.1, -0.05) is 23.2 Å². The lowest BCUT2D eigenvalue weighted by atomic mass is 10.2. The molecular formula is C11H6Cl2N4O. The van der Waals surface area contributed by atoms with E-state index >= 15 is 0 Å². The van der Waals surface area contributed by atoms with Crippen LogP contribution in [0, 0.1) is 0 Å². The van der Waals surface area contributed by atoms with Gasteiger partial charge in [-0.25, -0.2) is 9.67 Å². The Bertz CT molecular complexity index is 780. The van der Waals surface area contributed by atoms with Crippen molar-refractivity contribution in [1.29, 1.82) is 0 Å². The normalized spacial score (nSPS) is 11.0. The predicted molar refractivity (Wildman–Crippen MR) is 69.5 cm³/mol. The second kappa shape index (κ2) is 4.12. The molecule has 2 aromatic heterocycles. The van der Waals surface area contributed by atoms with Gasteiger partial charge in [-0.05, 0) is 18.2 Å². The number of aromatic amines is 1. The topological polar surface area (TPSA) is 63.6 Å². The average Bonchev–Trinajstić information content (AvgIpc) is 2.80. The summed E-state index contributed by atoms with van der Waals surface area (Å²) >= 11 is 11.9. The number of rotatable bonds is 1. The van der Waals surface area contributed by atoms with Crippen LogP contribution in [-0.2, 0) is 0 Å². The van der Waals surface area contributed by atoms with E-state index in [1.165, 1.54) is 10.7 Å². The molecule has 2 heterocycles. The highest BCUT2D eigenvalue weighted by Gasteiger charge is 2.10. The molecule has 0 aliphatic rings. The van der Waals surface area contributed by atoms with Crippen molar-refractivity contribution in [3.63, 3.8) is 0 Å². The Hall–Kier alpha value is -1.85. The number of nitrogens with one attached hydrogen (secondary N) is 1. The van der Waals surface area contributed by atoms with Crippen molar-refractivity contribution < 1.29 is 0 Å². The highest BCUT2D eigenvalue weighted by atomic mass is 35.5. The van der Waals surface area contributed by atoms with Crippen molar-refractivity contribution in [2.45, 2.75) is 0 Å². The lowest BCUT2D eigenvalue weighted by Crippen LogP contribution is -2.14. The van der Waals surface area contributed by atoms with Crippen molar-refractivity contribution in [2.75, 3.05) is 0 Å². The zero-order valence-electron chi connectivity index (χ0n) is 8.89. The molecule has 0 saturated carbocycles. The van der Waals surface area contributed by atoms with Gasteiger partial charge < -0.3 is 0 Å². The summed E-state index contributed by atoms with van der Waals surface area (Å²) in [4.78, 5) is 18.9. The summed E-state index contributed by atoms with van der Waals surface area (Å²) in [5.74, 6) is 0.316. The van der Waals surface area contributed by atoms with E-state index in [0.717, 1.165) is 0 Å². The van der Waals surface area contributed by atoms with E-state index in [-0.39, 0.29) is 10.6 Å². The number of nitrogens with zero attached hydrogens (tertiary/aromatic N) is 3. The van der Waals surface area contributed by atoms with E-state index in [0.29, 0.717) is 21.9 Å². The number of halogens is 2. The van der Waals surface area contributed by atoms with E-state index in [4.69, 9.17) is 23.2 Å². The molecule has 0 bridgehead atoms. The first-order chi connectivity index (χ1) is 8.65. The molecule has 0 radical (unpaired) electrons. The van der Waals surface area contributed by atoms with E-state index < -0.39 is 0 Å². The van der Waals surface area contributed by atoms with Gasteiger partial charge >= 0.3 is 0 Å². The molecule has 0 unspecified atom stereocenters. The smallest absolute Gasteiger partial charge is 0.261 e. The second-order valence-electron chi connectivity index (χ2n) is 3.62. The molecule has 0 aliphatic heterocycles. The molecule has 7 heteroatoms. The van der Waals surface area contributed by atoms with Gasteiger partial charge in [0, 0.05) is 17.4 Å². The van der Waals surface area contributed by atoms with Crippen molar-refractivity contribution >= 4 is 34.1 Å². The minimum absolute atomic E-state index is 0.276. The van der Waals surface area contributed by atoms with Crippen LogP contribution in [0.15, 0.2) is 35.4 Å². The van der Waals surface area contributed by atoms with E-state index in [1.54, 1.807) is 24.5 Å². The van der Waals surface area contributed by atoms with E-state index in [9.17, 15) is 4.79 Å².